The van der Waals surface area contributed by atoms with E-state index in [1.165, 1.54) is 0 Å². The Morgan fingerprint density at radius 2 is 1.77 bits per heavy atom. The van der Waals surface area contributed by atoms with Gasteiger partial charge in [0, 0.05) is 37.3 Å². The summed E-state index contributed by atoms with van der Waals surface area (Å²) in [6.45, 7) is 5.62. The van der Waals surface area contributed by atoms with Crippen LogP contribution in [0.3, 0.4) is 0 Å². The second kappa shape index (κ2) is 9.73. The molecule has 0 bridgehead atoms. The predicted molar refractivity (Wildman–Crippen MR) is 111 cm³/mol. The van der Waals surface area contributed by atoms with Crippen molar-refractivity contribution in [2.24, 2.45) is 11.8 Å². The molecule has 0 aromatic heterocycles. The monoisotopic (exact) mass is 415 g/mol. The molecule has 2 atom stereocenters. The molecule has 8 heteroatoms. The lowest BCUT2D eigenvalue weighted by Crippen LogP contribution is -2.44. The van der Waals surface area contributed by atoms with Gasteiger partial charge in [0.2, 0.25) is 5.91 Å². The molecule has 0 unspecified atom stereocenters. The number of benzene rings is 1. The van der Waals surface area contributed by atoms with Crippen molar-refractivity contribution in [3.05, 3.63) is 29.8 Å². The number of anilines is 1. The molecule has 0 aliphatic carbocycles. The van der Waals surface area contributed by atoms with Gasteiger partial charge in [-0.25, -0.2) is 0 Å². The van der Waals surface area contributed by atoms with Gasteiger partial charge < -0.3 is 19.9 Å². The first-order chi connectivity index (χ1) is 14.3. The molecule has 3 amide bonds. The quantitative estimate of drug-likeness (QED) is 0.712. The van der Waals surface area contributed by atoms with Crippen molar-refractivity contribution < 1.29 is 23.9 Å². The molecule has 30 heavy (non-hydrogen) atoms. The minimum atomic E-state index is -0.658. The predicted octanol–water partition coefficient (Wildman–Crippen LogP) is 1.59. The number of piperidine rings is 1. The van der Waals surface area contributed by atoms with Crippen molar-refractivity contribution in [2.45, 2.75) is 33.1 Å². The van der Waals surface area contributed by atoms with Gasteiger partial charge in [0.05, 0.1) is 0 Å². The van der Waals surface area contributed by atoms with E-state index in [1.807, 2.05) is 0 Å². The molecule has 2 heterocycles. The molecule has 2 saturated heterocycles. The van der Waals surface area contributed by atoms with E-state index in [9.17, 15) is 19.2 Å². The number of nitrogens with zero attached hydrogens (tertiary/aromatic N) is 2. The van der Waals surface area contributed by atoms with Gasteiger partial charge in [-0.1, -0.05) is 13.8 Å². The van der Waals surface area contributed by atoms with Crippen molar-refractivity contribution in [3.8, 4) is 0 Å². The molecule has 0 radical (unpaired) electrons. The van der Waals surface area contributed by atoms with Crippen LogP contribution in [0.4, 0.5) is 5.69 Å². The zero-order valence-corrected chi connectivity index (χ0v) is 17.6. The van der Waals surface area contributed by atoms with E-state index in [4.69, 9.17) is 4.74 Å². The van der Waals surface area contributed by atoms with Crippen LogP contribution in [0.15, 0.2) is 24.3 Å². The second-order valence-corrected chi connectivity index (χ2v) is 8.28. The molecule has 3 rings (SSSR count). The number of hydrogen-bond acceptors (Lipinski definition) is 5. The fourth-order valence-electron chi connectivity index (χ4n) is 4.12. The van der Waals surface area contributed by atoms with Crippen LogP contribution in [0, 0.1) is 11.8 Å². The van der Waals surface area contributed by atoms with Gasteiger partial charge in [-0.15, -0.1) is 0 Å². The Kier molecular flexibility index (Phi) is 7.07. The minimum Gasteiger partial charge on any atom is -0.454 e. The molecule has 162 valence electrons. The molecule has 8 nitrogen and oxygen atoms in total. The van der Waals surface area contributed by atoms with Gasteiger partial charge in [0.15, 0.2) is 6.61 Å². The fourth-order valence-corrected chi connectivity index (χ4v) is 4.12. The molecule has 1 N–H and O–H groups in total. The number of esters is 1. The van der Waals surface area contributed by atoms with E-state index >= 15 is 0 Å². The first-order valence-corrected chi connectivity index (χ1v) is 10.5. The first kappa shape index (κ1) is 21.8. The largest absolute Gasteiger partial charge is 0.454 e. The number of ether oxygens (including phenoxy) is 1. The lowest BCUT2D eigenvalue weighted by Gasteiger charge is -2.34. The molecule has 2 aliphatic rings. The normalized spacial score (nSPS) is 21.5. The highest BCUT2D eigenvalue weighted by atomic mass is 16.5. The molecular weight excluding hydrogens is 386 g/mol. The van der Waals surface area contributed by atoms with Crippen molar-refractivity contribution in [2.75, 3.05) is 37.7 Å². The summed E-state index contributed by atoms with van der Waals surface area (Å²) in [7, 11) is 0. The molecule has 2 fully saturated rings. The van der Waals surface area contributed by atoms with E-state index in [0.29, 0.717) is 43.5 Å². The average Bonchev–Trinajstić information content (AvgIpc) is 3.15. The summed E-state index contributed by atoms with van der Waals surface area (Å²) in [6.07, 6.45) is 2.47. The van der Waals surface area contributed by atoms with Crippen molar-refractivity contribution in [3.63, 3.8) is 0 Å². The zero-order valence-electron chi connectivity index (χ0n) is 17.6. The standard InChI is InChI=1S/C22H29N3O5/c1-15-10-16(2)13-24(12-15)20(27)14-30-21(28)11-23-22(29)17-5-7-18(8-6-17)25-9-3-4-19(25)26/h5-8,15-16H,3-4,9-14H2,1-2H3,(H,23,29)/t15-,16+. The Morgan fingerprint density at radius 1 is 1.10 bits per heavy atom. The number of carbonyl (C=O) groups excluding carboxylic acids is 4. The van der Waals surface area contributed by atoms with Gasteiger partial charge in [0.1, 0.15) is 6.54 Å². The Labute approximate surface area is 176 Å². The number of amides is 3. The summed E-state index contributed by atoms with van der Waals surface area (Å²) < 4.78 is 5.02. The van der Waals surface area contributed by atoms with E-state index in [2.05, 4.69) is 19.2 Å². The molecule has 0 saturated carbocycles. The molecule has 0 spiro atoms. The van der Waals surface area contributed by atoms with Crippen LogP contribution in [0.5, 0.6) is 0 Å². The lowest BCUT2D eigenvalue weighted by molar-refractivity contribution is -0.152. The van der Waals surface area contributed by atoms with Crippen LogP contribution < -0.4 is 10.2 Å². The number of rotatable bonds is 6. The first-order valence-electron chi connectivity index (χ1n) is 10.5. The molecule has 2 aliphatic heterocycles. The van der Waals surface area contributed by atoms with Crippen molar-refractivity contribution in [1.82, 2.24) is 10.2 Å². The Hall–Kier alpha value is -2.90. The third kappa shape index (κ3) is 5.58. The highest BCUT2D eigenvalue weighted by molar-refractivity contribution is 5.98. The third-order valence-corrected chi connectivity index (χ3v) is 5.49. The van der Waals surface area contributed by atoms with Crippen LogP contribution in [-0.4, -0.2) is 61.4 Å². The van der Waals surface area contributed by atoms with E-state index in [1.54, 1.807) is 34.1 Å². The van der Waals surface area contributed by atoms with Gasteiger partial charge in [-0.2, -0.15) is 0 Å². The van der Waals surface area contributed by atoms with Crippen molar-refractivity contribution >= 4 is 29.4 Å². The highest BCUT2D eigenvalue weighted by Gasteiger charge is 2.26. The summed E-state index contributed by atoms with van der Waals surface area (Å²) in [5, 5.41) is 2.49. The van der Waals surface area contributed by atoms with Gasteiger partial charge in [0.25, 0.3) is 11.8 Å². The topological polar surface area (TPSA) is 96.0 Å². The lowest BCUT2D eigenvalue weighted by atomic mass is 9.92. The van der Waals surface area contributed by atoms with E-state index in [0.717, 1.165) is 18.5 Å². The molecule has 1 aromatic rings. The molecular formula is C22H29N3O5. The number of carbonyl (C=O) groups is 4. The number of nitrogens with one attached hydrogen (secondary N) is 1. The highest BCUT2D eigenvalue weighted by Crippen LogP contribution is 2.22. The maximum Gasteiger partial charge on any atom is 0.325 e. The Balaban J connectivity index is 1.41. The van der Waals surface area contributed by atoms with Crippen LogP contribution in [0.1, 0.15) is 43.5 Å². The summed E-state index contributed by atoms with van der Waals surface area (Å²) in [6, 6.07) is 6.67. The summed E-state index contributed by atoms with van der Waals surface area (Å²) in [5.41, 5.74) is 1.14. The van der Waals surface area contributed by atoms with Gasteiger partial charge in [-0.3, -0.25) is 19.2 Å². The van der Waals surface area contributed by atoms with Crippen LogP contribution >= 0.6 is 0 Å². The summed E-state index contributed by atoms with van der Waals surface area (Å²) >= 11 is 0. The second-order valence-electron chi connectivity index (χ2n) is 8.28. The van der Waals surface area contributed by atoms with Gasteiger partial charge in [-0.05, 0) is 48.9 Å². The van der Waals surface area contributed by atoms with Crippen LogP contribution in [0.25, 0.3) is 0 Å². The third-order valence-electron chi connectivity index (χ3n) is 5.49. The average molecular weight is 415 g/mol. The van der Waals surface area contributed by atoms with E-state index in [-0.39, 0.29) is 25.0 Å². The Bertz CT molecular complexity index is 797. The number of likely N-dealkylation sites (tertiary alicyclic amines) is 1. The fraction of sp³-hybridized carbons (Fsp3) is 0.545. The number of hydrogen-bond donors (Lipinski definition) is 1. The van der Waals surface area contributed by atoms with E-state index < -0.39 is 11.9 Å². The maximum absolute atomic E-state index is 12.3. The smallest absolute Gasteiger partial charge is 0.325 e. The maximum atomic E-state index is 12.3. The van der Waals surface area contributed by atoms with Crippen LogP contribution in [0.2, 0.25) is 0 Å². The minimum absolute atomic E-state index is 0.0814. The van der Waals surface area contributed by atoms with Crippen molar-refractivity contribution in [1.29, 1.82) is 0 Å². The van der Waals surface area contributed by atoms with Crippen LogP contribution in [-0.2, 0) is 19.1 Å². The summed E-state index contributed by atoms with van der Waals surface area (Å²) in [4.78, 5) is 51.6. The zero-order chi connectivity index (χ0) is 21.7. The molecule has 1 aromatic carbocycles. The SMILES string of the molecule is C[C@@H]1C[C@H](C)CN(C(=O)COC(=O)CNC(=O)c2ccc(N3CCCC3=O)cc2)C1. The summed E-state index contributed by atoms with van der Waals surface area (Å²) in [5.74, 6) is -0.339. The van der Waals surface area contributed by atoms with Gasteiger partial charge >= 0.3 is 5.97 Å². The Morgan fingerprint density at radius 3 is 2.37 bits per heavy atom.